The molecular formula is C24H26ClN3O6. The van der Waals surface area contributed by atoms with E-state index < -0.39 is 28.3 Å². The molecule has 0 bridgehead atoms. The van der Waals surface area contributed by atoms with Gasteiger partial charge in [-0.2, -0.15) is 0 Å². The first-order valence-electron chi connectivity index (χ1n) is 10.6. The normalized spacial score (nSPS) is 21.8. The van der Waals surface area contributed by atoms with E-state index >= 15 is 0 Å². The molecule has 2 atom stereocenters. The third-order valence-electron chi connectivity index (χ3n) is 5.84. The van der Waals surface area contributed by atoms with E-state index in [0.29, 0.717) is 17.8 Å². The highest BCUT2D eigenvalue weighted by Gasteiger charge is 2.41. The van der Waals surface area contributed by atoms with Crippen LogP contribution in [0.4, 0.5) is 5.69 Å². The van der Waals surface area contributed by atoms with E-state index in [1.807, 2.05) is 26.0 Å². The highest BCUT2D eigenvalue weighted by atomic mass is 35.5. The molecule has 2 aliphatic heterocycles. The van der Waals surface area contributed by atoms with Crippen molar-refractivity contribution in [3.8, 4) is 0 Å². The summed E-state index contributed by atoms with van der Waals surface area (Å²) < 4.78 is 10.5. The summed E-state index contributed by atoms with van der Waals surface area (Å²) >= 11 is 6.16. The highest BCUT2D eigenvalue weighted by molar-refractivity contribution is 6.30. The van der Waals surface area contributed by atoms with Crippen LogP contribution >= 0.6 is 11.6 Å². The van der Waals surface area contributed by atoms with Crippen LogP contribution in [0.2, 0.25) is 5.02 Å². The Morgan fingerprint density at radius 3 is 2.41 bits per heavy atom. The number of allylic oxidation sites excluding steroid dienone is 3. The third-order valence-corrected chi connectivity index (χ3v) is 6.07. The number of nitro groups is 1. The molecule has 1 aromatic rings. The molecule has 2 aliphatic rings. The fourth-order valence-corrected chi connectivity index (χ4v) is 4.40. The molecule has 1 aromatic carbocycles. The maximum atomic E-state index is 13.3. The number of nitrogens with zero attached hydrogens (tertiary/aromatic N) is 2. The van der Waals surface area contributed by atoms with Crippen LogP contribution in [-0.4, -0.2) is 41.8 Å². The van der Waals surface area contributed by atoms with Crippen molar-refractivity contribution in [2.75, 3.05) is 13.7 Å². The molecule has 2 unspecified atom stereocenters. The summed E-state index contributed by atoms with van der Waals surface area (Å²) in [7, 11) is 1.20. The van der Waals surface area contributed by atoms with Gasteiger partial charge < -0.3 is 14.8 Å². The second kappa shape index (κ2) is 9.80. The maximum absolute atomic E-state index is 13.3. The van der Waals surface area contributed by atoms with Gasteiger partial charge in [0.15, 0.2) is 0 Å². The van der Waals surface area contributed by atoms with Crippen LogP contribution in [-0.2, 0) is 19.1 Å². The van der Waals surface area contributed by atoms with Crippen LogP contribution in [0.3, 0.4) is 0 Å². The molecule has 180 valence electrons. The van der Waals surface area contributed by atoms with Crippen molar-refractivity contribution in [2.24, 2.45) is 4.99 Å². The van der Waals surface area contributed by atoms with Crippen molar-refractivity contribution in [3.63, 3.8) is 0 Å². The smallest absolute Gasteiger partial charge is 0.336 e. The van der Waals surface area contributed by atoms with Gasteiger partial charge in [0.05, 0.1) is 41.2 Å². The van der Waals surface area contributed by atoms with Gasteiger partial charge in [0.1, 0.15) is 0 Å². The number of nitro benzene ring substituents is 1. The molecule has 2 heterocycles. The minimum atomic E-state index is -1.11. The number of nitrogens with one attached hydrogen (secondary N) is 1. The Hall–Kier alpha value is -3.46. The molecule has 1 N–H and O–H groups in total. The van der Waals surface area contributed by atoms with Gasteiger partial charge in [0.25, 0.3) is 5.69 Å². The van der Waals surface area contributed by atoms with Crippen LogP contribution in [0, 0.1) is 10.1 Å². The SMILES string of the molecule is COC(=O)C1=C(C)NC(C)=C(C(=O)OCCC2(C)C=CC(C)=N2)C1c1cc(Cl)ccc1[N+](=O)[O-]. The first kappa shape index (κ1) is 25.2. The van der Waals surface area contributed by atoms with Crippen LogP contribution in [0.15, 0.2) is 57.9 Å². The first-order chi connectivity index (χ1) is 16.0. The van der Waals surface area contributed by atoms with Crippen molar-refractivity contribution < 1.29 is 24.0 Å². The minimum Gasteiger partial charge on any atom is -0.466 e. The monoisotopic (exact) mass is 487 g/mol. The molecule has 0 aromatic heterocycles. The number of hydrogen-bond donors (Lipinski definition) is 1. The quantitative estimate of drug-likeness (QED) is 0.344. The van der Waals surface area contributed by atoms with Crippen molar-refractivity contribution in [3.05, 3.63) is 73.6 Å². The summed E-state index contributed by atoms with van der Waals surface area (Å²) in [4.78, 5) is 41.8. The summed E-state index contributed by atoms with van der Waals surface area (Å²) in [6.07, 6.45) is 4.31. The molecule has 0 spiro atoms. The fourth-order valence-electron chi connectivity index (χ4n) is 4.22. The van der Waals surface area contributed by atoms with E-state index in [1.165, 1.54) is 25.3 Å². The van der Waals surface area contributed by atoms with Crippen LogP contribution in [0.25, 0.3) is 0 Å². The van der Waals surface area contributed by atoms with Crippen molar-refractivity contribution in [1.82, 2.24) is 5.32 Å². The van der Waals surface area contributed by atoms with Gasteiger partial charge in [-0.15, -0.1) is 0 Å². The van der Waals surface area contributed by atoms with E-state index in [-0.39, 0.29) is 34.0 Å². The van der Waals surface area contributed by atoms with Crippen LogP contribution < -0.4 is 5.32 Å². The number of carbonyl (C=O) groups is 2. The molecule has 3 rings (SSSR count). The number of carbonyl (C=O) groups excluding carboxylic acids is 2. The zero-order valence-electron chi connectivity index (χ0n) is 19.6. The average molecular weight is 488 g/mol. The van der Waals surface area contributed by atoms with E-state index in [2.05, 4.69) is 10.3 Å². The summed E-state index contributed by atoms with van der Waals surface area (Å²) in [5, 5.41) is 15.0. The Morgan fingerprint density at radius 1 is 1.21 bits per heavy atom. The summed E-state index contributed by atoms with van der Waals surface area (Å²) in [6, 6.07) is 4.01. The summed E-state index contributed by atoms with van der Waals surface area (Å²) in [5.74, 6) is -2.54. The van der Waals surface area contributed by atoms with E-state index in [9.17, 15) is 19.7 Å². The fraction of sp³-hybridized carbons (Fsp3) is 0.375. The van der Waals surface area contributed by atoms with E-state index in [1.54, 1.807) is 13.8 Å². The second-order valence-electron chi connectivity index (χ2n) is 8.42. The highest BCUT2D eigenvalue weighted by Crippen LogP contribution is 2.43. The Bertz CT molecular complexity index is 1180. The van der Waals surface area contributed by atoms with Gasteiger partial charge in [-0.3, -0.25) is 15.1 Å². The maximum Gasteiger partial charge on any atom is 0.336 e. The largest absolute Gasteiger partial charge is 0.466 e. The number of esters is 2. The number of methoxy groups -OCH3 is 1. The number of ether oxygens (including phenoxy) is 2. The number of rotatable bonds is 7. The number of hydrogen-bond acceptors (Lipinski definition) is 8. The van der Waals surface area contributed by atoms with E-state index in [4.69, 9.17) is 21.1 Å². The van der Waals surface area contributed by atoms with Gasteiger partial charge in [-0.1, -0.05) is 17.7 Å². The molecule has 34 heavy (non-hydrogen) atoms. The lowest BCUT2D eigenvalue weighted by Crippen LogP contribution is -2.33. The second-order valence-corrected chi connectivity index (χ2v) is 8.85. The molecular weight excluding hydrogens is 462 g/mol. The Labute approximate surface area is 202 Å². The molecule has 0 amide bonds. The summed E-state index contributed by atoms with van der Waals surface area (Å²) in [6.45, 7) is 7.16. The molecule has 0 aliphatic carbocycles. The average Bonchev–Trinajstić information content (AvgIpc) is 3.10. The van der Waals surface area contributed by atoms with Crippen LogP contribution in [0.1, 0.15) is 45.6 Å². The zero-order valence-corrected chi connectivity index (χ0v) is 20.4. The van der Waals surface area contributed by atoms with Crippen LogP contribution in [0.5, 0.6) is 0 Å². The standard InChI is InChI=1S/C24H26ClN3O6/c1-13-8-9-24(4,27-13)10-11-34-23(30)20-15(3)26-14(2)19(22(29)33-5)21(20)17-12-16(25)6-7-18(17)28(31)32/h6-9,12,21,26H,10-11H2,1-5H3. The van der Waals surface area contributed by atoms with E-state index in [0.717, 1.165) is 5.71 Å². The van der Waals surface area contributed by atoms with Gasteiger partial charge in [-0.25, -0.2) is 9.59 Å². The van der Waals surface area contributed by atoms with Crippen molar-refractivity contribution >= 4 is 34.9 Å². The predicted molar refractivity (Wildman–Crippen MR) is 128 cm³/mol. The van der Waals surface area contributed by atoms with Gasteiger partial charge in [0.2, 0.25) is 0 Å². The summed E-state index contributed by atoms with van der Waals surface area (Å²) in [5.41, 5.74) is 1.19. The molecule has 10 heteroatoms. The molecule has 0 fully saturated rings. The number of benzene rings is 1. The predicted octanol–water partition coefficient (Wildman–Crippen LogP) is 4.38. The van der Waals surface area contributed by atoms with Gasteiger partial charge >= 0.3 is 11.9 Å². The molecule has 9 nitrogen and oxygen atoms in total. The van der Waals surface area contributed by atoms with Gasteiger partial charge in [-0.05, 0) is 45.9 Å². The first-order valence-corrected chi connectivity index (χ1v) is 11.0. The lowest BCUT2D eigenvalue weighted by molar-refractivity contribution is -0.385. The molecule has 0 saturated carbocycles. The molecule has 0 saturated heterocycles. The Morgan fingerprint density at radius 2 is 1.85 bits per heavy atom. The number of halogens is 1. The lowest BCUT2D eigenvalue weighted by Gasteiger charge is -2.30. The number of aliphatic imine (C=N–C) groups is 1. The molecule has 0 radical (unpaired) electrons. The third kappa shape index (κ3) is 5.04. The van der Waals surface area contributed by atoms with Crippen molar-refractivity contribution in [2.45, 2.75) is 45.6 Å². The van der Waals surface area contributed by atoms with Crippen molar-refractivity contribution in [1.29, 1.82) is 0 Å². The number of dihydropyridines is 1. The topological polar surface area (TPSA) is 120 Å². The lowest BCUT2D eigenvalue weighted by atomic mass is 9.79. The van der Waals surface area contributed by atoms with Gasteiger partial charge in [0, 0.05) is 40.2 Å². The Balaban J connectivity index is 2.02. The zero-order chi connectivity index (χ0) is 25.2. The minimum absolute atomic E-state index is 0.0633. The Kier molecular flexibility index (Phi) is 7.26.